The second kappa shape index (κ2) is 5.93. The third-order valence-electron chi connectivity index (χ3n) is 4.39. The van der Waals surface area contributed by atoms with E-state index in [0.29, 0.717) is 0 Å². The molecule has 1 aromatic carbocycles. The lowest BCUT2D eigenvalue weighted by molar-refractivity contribution is 0.0729. The fraction of sp³-hybridized carbons (Fsp3) is 0.625. The fourth-order valence-corrected chi connectivity index (χ4v) is 2.91. The van der Waals surface area contributed by atoms with Gasteiger partial charge in [0, 0.05) is 11.6 Å². The summed E-state index contributed by atoms with van der Waals surface area (Å²) in [6, 6.07) is 8.13. The van der Waals surface area contributed by atoms with Crippen LogP contribution in [0.3, 0.4) is 0 Å². The molecule has 0 spiro atoms. The molecule has 0 aromatic heterocycles. The van der Waals surface area contributed by atoms with E-state index in [2.05, 4.69) is 30.9 Å². The fourth-order valence-electron chi connectivity index (χ4n) is 2.91. The second-order valence-electron chi connectivity index (χ2n) is 5.96. The molecule has 1 saturated heterocycles. The SMILES string of the molecule is COc1cccc(C(N)C(C)(C)N2CCCCC2)c1. The highest BCUT2D eigenvalue weighted by molar-refractivity contribution is 5.32. The van der Waals surface area contributed by atoms with E-state index in [9.17, 15) is 0 Å². The lowest BCUT2D eigenvalue weighted by Gasteiger charge is -2.44. The average Bonchev–Trinajstić information content (AvgIpc) is 2.47. The van der Waals surface area contributed by atoms with Crippen LogP contribution in [-0.4, -0.2) is 30.6 Å². The van der Waals surface area contributed by atoms with E-state index in [0.717, 1.165) is 24.4 Å². The molecule has 1 heterocycles. The van der Waals surface area contributed by atoms with Gasteiger partial charge in [-0.15, -0.1) is 0 Å². The first kappa shape index (κ1) is 14.4. The summed E-state index contributed by atoms with van der Waals surface area (Å²) in [6.45, 7) is 6.82. The van der Waals surface area contributed by atoms with Gasteiger partial charge in [0.1, 0.15) is 5.75 Å². The van der Waals surface area contributed by atoms with E-state index >= 15 is 0 Å². The van der Waals surface area contributed by atoms with Crippen LogP contribution in [0.2, 0.25) is 0 Å². The van der Waals surface area contributed by atoms with Crippen LogP contribution in [0.15, 0.2) is 24.3 Å². The zero-order valence-electron chi connectivity index (χ0n) is 12.4. The molecule has 0 saturated carbocycles. The molecule has 1 unspecified atom stereocenters. The number of benzene rings is 1. The summed E-state index contributed by atoms with van der Waals surface area (Å²) >= 11 is 0. The quantitative estimate of drug-likeness (QED) is 0.906. The lowest BCUT2D eigenvalue weighted by atomic mass is 9.86. The van der Waals surface area contributed by atoms with Crippen LogP contribution < -0.4 is 10.5 Å². The van der Waals surface area contributed by atoms with Crippen molar-refractivity contribution in [1.82, 2.24) is 4.90 Å². The third-order valence-corrected chi connectivity index (χ3v) is 4.39. The zero-order valence-corrected chi connectivity index (χ0v) is 12.4. The van der Waals surface area contributed by atoms with Crippen molar-refractivity contribution in [3.05, 3.63) is 29.8 Å². The number of methoxy groups -OCH3 is 1. The van der Waals surface area contributed by atoms with Crippen molar-refractivity contribution in [2.24, 2.45) is 5.73 Å². The first-order valence-corrected chi connectivity index (χ1v) is 7.20. The summed E-state index contributed by atoms with van der Waals surface area (Å²) in [5.74, 6) is 0.877. The van der Waals surface area contributed by atoms with Crippen LogP contribution in [0.1, 0.15) is 44.7 Å². The highest BCUT2D eigenvalue weighted by Gasteiger charge is 2.34. The Labute approximate surface area is 116 Å². The first-order valence-electron chi connectivity index (χ1n) is 7.20. The van der Waals surface area contributed by atoms with E-state index in [4.69, 9.17) is 10.5 Å². The molecule has 0 aliphatic carbocycles. The molecular formula is C16H26N2O. The van der Waals surface area contributed by atoms with E-state index in [1.165, 1.54) is 19.3 Å². The highest BCUT2D eigenvalue weighted by atomic mass is 16.5. The molecule has 2 rings (SSSR count). The Morgan fingerprint density at radius 2 is 1.89 bits per heavy atom. The van der Waals surface area contributed by atoms with Crippen molar-refractivity contribution in [2.45, 2.75) is 44.7 Å². The summed E-state index contributed by atoms with van der Waals surface area (Å²) in [5, 5.41) is 0. The minimum absolute atomic E-state index is 0.000648. The van der Waals surface area contributed by atoms with Gasteiger partial charge in [-0.1, -0.05) is 18.6 Å². The van der Waals surface area contributed by atoms with Crippen LogP contribution in [0.25, 0.3) is 0 Å². The number of nitrogens with zero attached hydrogens (tertiary/aromatic N) is 1. The molecule has 1 atom stereocenters. The third kappa shape index (κ3) is 3.10. The zero-order chi connectivity index (χ0) is 13.9. The van der Waals surface area contributed by atoms with Gasteiger partial charge in [0.15, 0.2) is 0 Å². The molecule has 0 bridgehead atoms. The van der Waals surface area contributed by atoms with Gasteiger partial charge in [0.2, 0.25) is 0 Å². The van der Waals surface area contributed by atoms with Gasteiger partial charge in [-0.05, 0) is 57.5 Å². The van der Waals surface area contributed by atoms with Gasteiger partial charge in [0.05, 0.1) is 7.11 Å². The van der Waals surface area contributed by atoms with Crippen molar-refractivity contribution in [3.8, 4) is 5.75 Å². The van der Waals surface area contributed by atoms with Crippen LogP contribution in [0.4, 0.5) is 0 Å². The molecular weight excluding hydrogens is 236 g/mol. The molecule has 1 aliphatic rings. The van der Waals surface area contributed by atoms with Crippen molar-refractivity contribution < 1.29 is 4.74 Å². The van der Waals surface area contributed by atoms with E-state index in [1.807, 2.05) is 12.1 Å². The number of hydrogen-bond acceptors (Lipinski definition) is 3. The molecule has 1 aliphatic heterocycles. The maximum Gasteiger partial charge on any atom is 0.119 e. The predicted octanol–water partition coefficient (Wildman–Crippen LogP) is 2.96. The minimum Gasteiger partial charge on any atom is -0.497 e. The number of nitrogens with two attached hydrogens (primary N) is 1. The maximum atomic E-state index is 6.53. The predicted molar refractivity (Wildman–Crippen MR) is 79.4 cm³/mol. The number of likely N-dealkylation sites (tertiary alicyclic amines) is 1. The summed E-state index contributed by atoms with van der Waals surface area (Å²) in [6.07, 6.45) is 3.92. The topological polar surface area (TPSA) is 38.5 Å². The Kier molecular flexibility index (Phi) is 4.48. The Morgan fingerprint density at radius 3 is 2.53 bits per heavy atom. The van der Waals surface area contributed by atoms with Crippen LogP contribution in [-0.2, 0) is 0 Å². The number of hydrogen-bond donors (Lipinski definition) is 1. The molecule has 3 nitrogen and oxygen atoms in total. The average molecular weight is 262 g/mol. The second-order valence-corrected chi connectivity index (χ2v) is 5.96. The number of rotatable bonds is 4. The Bertz CT molecular complexity index is 411. The Balaban J connectivity index is 2.18. The van der Waals surface area contributed by atoms with Crippen LogP contribution in [0, 0.1) is 0 Å². The maximum absolute atomic E-state index is 6.53. The molecule has 106 valence electrons. The molecule has 2 N–H and O–H groups in total. The highest BCUT2D eigenvalue weighted by Crippen LogP contribution is 2.32. The van der Waals surface area contributed by atoms with Gasteiger partial charge in [-0.25, -0.2) is 0 Å². The van der Waals surface area contributed by atoms with Crippen LogP contribution in [0.5, 0.6) is 5.75 Å². The molecule has 1 aromatic rings. The van der Waals surface area contributed by atoms with Gasteiger partial charge in [-0.3, -0.25) is 4.90 Å². The van der Waals surface area contributed by atoms with Crippen molar-refractivity contribution in [2.75, 3.05) is 20.2 Å². The molecule has 3 heteroatoms. The van der Waals surface area contributed by atoms with Gasteiger partial charge < -0.3 is 10.5 Å². The summed E-state index contributed by atoms with van der Waals surface area (Å²) in [5.41, 5.74) is 7.66. The smallest absolute Gasteiger partial charge is 0.119 e. The van der Waals surface area contributed by atoms with E-state index in [-0.39, 0.29) is 11.6 Å². The largest absolute Gasteiger partial charge is 0.497 e. The molecule has 0 amide bonds. The van der Waals surface area contributed by atoms with Crippen molar-refractivity contribution in [1.29, 1.82) is 0 Å². The standard InChI is InChI=1S/C16H26N2O/c1-16(2,18-10-5-4-6-11-18)15(17)13-8-7-9-14(12-13)19-3/h7-9,12,15H,4-6,10-11,17H2,1-3H3. The van der Waals surface area contributed by atoms with Crippen molar-refractivity contribution in [3.63, 3.8) is 0 Å². The summed E-state index contributed by atoms with van der Waals surface area (Å²) < 4.78 is 5.29. The molecule has 1 fully saturated rings. The van der Waals surface area contributed by atoms with Crippen molar-refractivity contribution >= 4 is 0 Å². The number of ether oxygens (including phenoxy) is 1. The summed E-state index contributed by atoms with van der Waals surface area (Å²) in [4.78, 5) is 2.53. The lowest BCUT2D eigenvalue weighted by Crippen LogP contribution is -2.53. The summed E-state index contributed by atoms with van der Waals surface area (Å²) in [7, 11) is 1.69. The van der Waals surface area contributed by atoms with Gasteiger partial charge in [-0.2, -0.15) is 0 Å². The van der Waals surface area contributed by atoms with Gasteiger partial charge in [0.25, 0.3) is 0 Å². The molecule has 19 heavy (non-hydrogen) atoms. The Morgan fingerprint density at radius 1 is 1.21 bits per heavy atom. The Hall–Kier alpha value is -1.06. The van der Waals surface area contributed by atoms with Crippen LogP contribution >= 0.6 is 0 Å². The van der Waals surface area contributed by atoms with Gasteiger partial charge >= 0.3 is 0 Å². The first-order chi connectivity index (χ1) is 9.05. The molecule has 0 radical (unpaired) electrons. The minimum atomic E-state index is -0.0210. The normalized spacial score (nSPS) is 19.2. The van der Waals surface area contributed by atoms with E-state index < -0.39 is 0 Å². The monoisotopic (exact) mass is 262 g/mol. The van der Waals surface area contributed by atoms with E-state index in [1.54, 1.807) is 7.11 Å². The number of piperidine rings is 1.